The number of amides is 1. The van der Waals surface area contributed by atoms with E-state index in [9.17, 15) is 4.79 Å². The van der Waals surface area contributed by atoms with Crippen molar-refractivity contribution in [3.8, 4) is 0 Å². The van der Waals surface area contributed by atoms with E-state index in [0.717, 1.165) is 5.69 Å². The normalized spacial score (nSPS) is 10.4. The molecule has 5 nitrogen and oxygen atoms in total. The summed E-state index contributed by atoms with van der Waals surface area (Å²) in [6.07, 6.45) is 4.77. The summed E-state index contributed by atoms with van der Waals surface area (Å²) < 4.78 is 0. The highest BCUT2D eigenvalue weighted by molar-refractivity contribution is 5.74. The highest BCUT2D eigenvalue weighted by Crippen LogP contribution is 1.98. The number of imidazole rings is 1. The van der Waals surface area contributed by atoms with Gasteiger partial charge in [0.05, 0.1) is 11.9 Å². The number of nitrogens with one attached hydrogen (secondary N) is 2. The van der Waals surface area contributed by atoms with Gasteiger partial charge in [0.15, 0.2) is 5.95 Å². The fraction of sp³-hybridized carbons (Fsp3) is 0.143. The third-order valence-electron chi connectivity index (χ3n) is 1.16. The molecule has 0 aromatic carbocycles. The molecular formula is C7H10N4O. The lowest BCUT2D eigenvalue weighted by molar-refractivity contribution is -0.118. The molecule has 64 valence electrons. The van der Waals surface area contributed by atoms with Gasteiger partial charge in [-0.3, -0.25) is 4.79 Å². The van der Waals surface area contributed by atoms with Gasteiger partial charge in [0.2, 0.25) is 5.91 Å². The molecule has 1 heterocycles. The van der Waals surface area contributed by atoms with E-state index in [1.54, 1.807) is 12.3 Å². The third-order valence-corrected chi connectivity index (χ3v) is 1.16. The Kier molecular flexibility index (Phi) is 2.47. The van der Waals surface area contributed by atoms with Gasteiger partial charge in [-0.05, 0) is 6.08 Å². The average molecular weight is 166 g/mol. The molecule has 0 aliphatic heterocycles. The first-order valence-corrected chi connectivity index (χ1v) is 3.42. The number of anilines is 1. The maximum atomic E-state index is 10.4. The standard InChI is InChI=1S/C7H10N4O/c1-5(12)9-3-2-6-4-10-7(8)11-6/h2-4H,1H3,(H,9,12)(H3,8,10,11)/b3-2+. The first-order chi connectivity index (χ1) is 5.68. The second-order valence-corrected chi connectivity index (χ2v) is 2.26. The fourth-order valence-electron chi connectivity index (χ4n) is 0.685. The molecule has 1 amide bonds. The van der Waals surface area contributed by atoms with E-state index in [2.05, 4.69) is 15.3 Å². The molecular weight excluding hydrogens is 156 g/mol. The molecule has 0 aliphatic rings. The Hall–Kier alpha value is -1.78. The van der Waals surface area contributed by atoms with E-state index in [-0.39, 0.29) is 5.91 Å². The van der Waals surface area contributed by atoms with Crippen LogP contribution in [0, 0.1) is 0 Å². The van der Waals surface area contributed by atoms with E-state index < -0.39 is 0 Å². The van der Waals surface area contributed by atoms with Crippen LogP contribution in [0.5, 0.6) is 0 Å². The summed E-state index contributed by atoms with van der Waals surface area (Å²) in [7, 11) is 0. The number of hydrogen-bond acceptors (Lipinski definition) is 3. The van der Waals surface area contributed by atoms with Gasteiger partial charge in [0, 0.05) is 13.1 Å². The molecule has 0 bridgehead atoms. The predicted octanol–water partition coefficient (Wildman–Crippen LogP) is 0.0987. The summed E-state index contributed by atoms with van der Waals surface area (Å²) in [5, 5.41) is 2.50. The van der Waals surface area contributed by atoms with Crippen molar-refractivity contribution >= 4 is 17.9 Å². The molecule has 0 spiro atoms. The number of aromatic amines is 1. The zero-order valence-corrected chi connectivity index (χ0v) is 6.66. The molecule has 0 saturated heterocycles. The minimum Gasteiger partial charge on any atom is -0.369 e. The Labute approximate surface area is 69.7 Å². The van der Waals surface area contributed by atoms with Crippen LogP contribution >= 0.6 is 0 Å². The monoisotopic (exact) mass is 166 g/mol. The summed E-state index contributed by atoms with van der Waals surface area (Å²) in [4.78, 5) is 17.0. The minimum atomic E-state index is -0.112. The summed E-state index contributed by atoms with van der Waals surface area (Å²) >= 11 is 0. The molecule has 1 rings (SSSR count). The number of nitrogen functional groups attached to an aromatic ring is 1. The molecule has 12 heavy (non-hydrogen) atoms. The molecule has 0 saturated carbocycles. The van der Waals surface area contributed by atoms with Crippen LogP contribution in [0.15, 0.2) is 12.4 Å². The number of nitrogens with zero attached hydrogens (tertiary/aromatic N) is 1. The Morgan fingerprint density at radius 1 is 1.83 bits per heavy atom. The molecule has 0 radical (unpaired) electrons. The Morgan fingerprint density at radius 3 is 3.08 bits per heavy atom. The van der Waals surface area contributed by atoms with E-state index >= 15 is 0 Å². The molecule has 4 N–H and O–H groups in total. The number of carbonyl (C=O) groups is 1. The van der Waals surface area contributed by atoms with Crippen LogP contribution in [0.1, 0.15) is 12.6 Å². The van der Waals surface area contributed by atoms with Crippen LogP contribution in [0.4, 0.5) is 5.95 Å². The summed E-state index contributed by atoms with van der Waals surface area (Å²) in [6, 6.07) is 0. The number of aromatic nitrogens is 2. The van der Waals surface area contributed by atoms with Crippen LogP contribution in [0.25, 0.3) is 6.08 Å². The van der Waals surface area contributed by atoms with E-state index in [0.29, 0.717) is 5.95 Å². The van der Waals surface area contributed by atoms with Crippen molar-refractivity contribution in [1.82, 2.24) is 15.3 Å². The van der Waals surface area contributed by atoms with E-state index in [1.165, 1.54) is 13.1 Å². The molecule has 0 fully saturated rings. The van der Waals surface area contributed by atoms with Crippen molar-refractivity contribution < 1.29 is 4.79 Å². The molecule has 0 unspecified atom stereocenters. The Bertz CT molecular complexity index is 302. The molecule has 0 aliphatic carbocycles. The largest absolute Gasteiger partial charge is 0.369 e. The van der Waals surface area contributed by atoms with Gasteiger partial charge < -0.3 is 16.0 Å². The highest BCUT2D eigenvalue weighted by Gasteiger charge is 1.90. The lowest BCUT2D eigenvalue weighted by atomic mass is 10.4. The van der Waals surface area contributed by atoms with Gasteiger partial charge in [-0.25, -0.2) is 4.98 Å². The smallest absolute Gasteiger partial charge is 0.220 e. The van der Waals surface area contributed by atoms with Gasteiger partial charge in [-0.1, -0.05) is 0 Å². The van der Waals surface area contributed by atoms with Crippen LogP contribution in [0.3, 0.4) is 0 Å². The highest BCUT2D eigenvalue weighted by atomic mass is 16.1. The zero-order chi connectivity index (χ0) is 8.97. The predicted molar refractivity (Wildman–Crippen MR) is 45.9 cm³/mol. The Balaban J connectivity index is 2.52. The van der Waals surface area contributed by atoms with Gasteiger partial charge in [-0.15, -0.1) is 0 Å². The van der Waals surface area contributed by atoms with Crippen molar-refractivity contribution in [2.45, 2.75) is 6.92 Å². The minimum absolute atomic E-state index is 0.112. The first-order valence-electron chi connectivity index (χ1n) is 3.42. The van der Waals surface area contributed by atoms with Crippen molar-refractivity contribution in [1.29, 1.82) is 0 Å². The van der Waals surface area contributed by atoms with E-state index in [4.69, 9.17) is 5.73 Å². The van der Waals surface area contributed by atoms with Gasteiger partial charge in [0.25, 0.3) is 0 Å². The number of H-pyrrole nitrogens is 1. The second kappa shape index (κ2) is 3.56. The van der Waals surface area contributed by atoms with Crippen molar-refractivity contribution in [2.75, 3.05) is 5.73 Å². The van der Waals surface area contributed by atoms with Gasteiger partial charge in [0.1, 0.15) is 0 Å². The summed E-state index contributed by atoms with van der Waals surface area (Å²) in [6.45, 7) is 1.44. The summed E-state index contributed by atoms with van der Waals surface area (Å²) in [5.74, 6) is 0.246. The maximum absolute atomic E-state index is 10.4. The van der Waals surface area contributed by atoms with Crippen LogP contribution < -0.4 is 11.1 Å². The molecule has 1 aromatic rings. The Morgan fingerprint density at radius 2 is 2.58 bits per heavy atom. The van der Waals surface area contributed by atoms with Crippen molar-refractivity contribution in [3.63, 3.8) is 0 Å². The average Bonchev–Trinajstić information content (AvgIpc) is 2.35. The second-order valence-electron chi connectivity index (χ2n) is 2.26. The van der Waals surface area contributed by atoms with Gasteiger partial charge in [-0.2, -0.15) is 0 Å². The third kappa shape index (κ3) is 2.45. The quantitative estimate of drug-likeness (QED) is 0.582. The lowest BCUT2D eigenvalue weighted by Gasteiger charge is -1.88. The lowest BCUT2D eigenvalue weighted by Crippen LogP contribution is -2.10. The molecule has 0 atom stereocenters. The van der Waals surface area contributed by atoms with Crippen LogP contribution in [-0.2, 0) is 4.79 Å². The number of rotatable bonds is 2. The van der Waals surface area contributed by atoms with E-state index in [1.807, 2.05) is 0 Å². The first kappa shape index (κ1) is 8.32. The van der Waals surface area contributed by atoms with Crippen LogP contribution in [-0.4, -0.2) is 15.9 Å². The van der Waals surface area contributed by atoms with Crippen LogP contribution in [0.2, 0.25) is 0 Å². The topological polar surface area (TPSA) is 83.8 Å². The zero-order valence-electron chi connectivity index (χ0n) is 6.66. The maximum Gasteiger partial charge on any atom is 0.220 e. The fourth-order valence-corrected chi connectivity index (χ4v) is 0.685. The number of hydrogen-bond donors (Lipinski definition) is 3. The number of nitrogens with two attached hydrogens (primary N) is 1. The van der Waals surface area contributed by atoms with Crippen molar-refractivity contribution in [3.05, 3.63) is 18.1 Å². The number of carbonyl (C=O) groups excluding carboxylic acids is 1. The van der Waals surface area contributed by atoms with Crippen molar-refractivity contribution in [2.24, 2.45) is 0 Å². The SMILES string of the molecule is CC(=O)N/C=C/c1cnc(N)[nH]1. The molecule has 1 aromatic heterocycles. The van der Waals surface area contributed by atoms with Gasteiger partial charge >= 0.3 is 0 Å². The summed E-state index contributed by atoms with van der Waals surface area (Å²) in [5.41, 5.74) is 6.07. The molecule has 5 heteroatoms.